The van der Waals surface area contributed by atoms with Gasteiger partial charge in [0, 0.05) is 16.5 Å². The summed E-state index contributed by atoms with van der Waals surface area (Å²) < 4.78 is 0.828. The highest BCUT2D eigenvalue weighted by Gasteiger charge is 2.26. The van der Waals surface area contributed by atoms with E-state index in [1.807, 2.05) is 39.0 Å². The Balaban J connectivity index is 3.13. The lowest BCUT2D eigenvalue weighted by molar-refractivity contribution is -0.884. The molecule has 17 heavy (non-hydrogen) atoms. The Morgan fingerprint density at radius 2 is 1.65 bits per heavy atom. The van der Waals surface area contributed by atoms with Gasteiger partial charge >= 0.3 is 0 Å². The zero-order valence-electron chi connectivity index (χ0n) is 11.9. The minimum absolute atomic E-state index is 0.224. The van der Waals surface area contributed by atoms with Crippen LogP contribution < -0.4 is 0 Å². The van der Waals surface area contributed by atoms with Crippen LogP contribution in [-0.2, 0) is 6.54 Å². The minimum atomic E-state index is -0.318. The van der Waals surface area contributed by atoms with Crippen molar-refractivity contribution < 1.29 is 9.28 Å². The van der Waals surface area contributed by atoms with Crippen molar-refractivity contribution in [2.75, 3.05) is 21.1 Å². The summed E-state index contributed by atoms with van der Waals surface area (Å²) in [6.07, 6.45) is 0. The summed E-state index contributed by atoms with van der Waals surface area (Å²) in [5.41, 5.74) is 1.69. The standard InChI is InChI=1S/C15H24NO/c1-15(2,3)14(17)13-10-8-7-9-12(13)11-16(4,5)6/h7-10H,11H2,1-6H3/q+1. The zero-order valence-corrected chi connectivity index (χ0v) is 11.9. The number of quaternary nitrogens is 1. The van der Waals surface area contributed by atoms with Crippen LogP contribution >= 0.6 is 0 Å². The Morgan fingerprint density at radius 1 is 1.12 bits per heavy atom. The van der Waals surface area contributed by atoms with Gasteiger partial charge in [0.1, 0.15) is 6.54 Å². The quantitative estimate of drug-likeness (QED) is 0.580. The molecule has 0 amide bonds. The number of hydrogen-bond donors (Lipinski definition) is 0. The highest BCUT2D eigenvalue weighted by atomic mass is 16.1. The average molecular weight is 234 g/mol. The lowest BCUT2D eigenvalue weighted by Gasteiger charge is -2.26. The van der Waals surface area contributed by atoms with E-state index in [1.54, 1.807) is 0 Å². The number of nitrogens with zero attached hydrogens (tertiary/aromatic N) is 1. The van der Waals surface area contributed by atoms with E-state index in [2.05, 4.69) is 27.2 Å². The maximum absolute atomic E-state index is 12.4. The Bertz CT molecular complexity index is 408. The van der Waals surface area contributed by atoms with Crippen molar-refractivity contribution >= 4 is 5.78 Å². The molecule has 0 unspecified atom stereocenters. The van der Waals surface area contributed by atoms with Crippen molar-refractivity contribution in [2.24, 2.45) is 5.41 Å². The molecule has 0 saturated heterocycles. The fourth-order valence-electron chi connectivity index (χ4n) is 1.79. The largest absolute Gasteiger partial charge is 0.327 e. The van der Waals surface area contributed by atoms with E-state index in [0.717, 1.165) is 22.2 Å². The van der Waals surface area contributed by atoms with Crippen LogP contribution in [0.25, 0.3) is 0 Å². The third-order valence-electron chi connectivity index (χ3n) is 2.59. The summed E-state index contributed by atoms with van der Waals surface area (Å²) in [5.74, 6) is 0.224. The summed E-state index contributed by atoms with van der Waals surface area (Å²) in [5, 5.41) is 0. The second kappa shape index (κ2) is 4.61. The molecule has 94 valence electrons. The lowest BCUT2D eigenvalue weighted by Crippen LogP contribution is -2.34. The first kappa shape index (κ1) is 13.9. The third-order valence-corrected chi connectivity index (χ3v) is 2.59. The van der Waals surface area contributed by atoms with E-state index in [0.29, 0.717) is 0 Å². The molecule has 0 bridgehead atoms. The highest BCUT2D eigenvalue weighted by Crippen LogP contribution is 2.24. The summed E-state index contributed by atoms with van der Waals surface area (Å²) in [4.78, 5) is 12.4. The van der Waals surface area contributed by atoms with Crippen LogP contribution in [-0.4, -0.2) is 31.4 Å². The first-order valence-corrected chi connectivity index (χ1v) is 6.04. The van der Waals surface area contributed by atoms with E-state index < -0.39 is 0 Å². The van der Waals surface area contributed by atoms with E-state index >= 15 is 0 Å². The Labute approximate surface area is 105 Å². The third kappa shape index (κ3) is 3.97. The summed E-state index contributed by atoms with van der Waals surface area (Å²) in [7, 11) is 6.41. The van der Waals surface area contributed by atoms with Gasteiger partial charge in [0.15, 0.2) is 5.78 Å². The zero-order chi connectivity index (χ0) is 13.3. The molecule has 0 atom stereocenters. The van der Waals surface area contributed by atoms with Crippen LogP contribution in [0.5, 0.6) is 0 Å². The Kier molecular flexibility index (Phi) is 3.78. The van der Waals surface area contributed by atoms with Gasteiger partial charge in [0.2, 0.25) is 0 Å². The molecular formula is C15H24NO+. The molecule has 1 aromatic rings. The molecular weight excluding hydrogens is 210 g/mol. The smallest absolute Gasteiger partial charge is 0.168 e. The fourth-order valence-corrected chi connectivity index (χ4v) is 1.79. The number of rotatable bonds is 3. The molecule has 2 heteroatoms. The molecule has 1 aromatic carbocycles. The number of ketones is 1. The molecule has 0 radical (unpaired) electrons. The summed E-state index contributed by atoms with van der Waals surface area (Å²) >= 11 is 0. The highest BCUT2D eigenvalue weighted by molar-refractivity contribution is 6.00. The fraction of sp³-hybridized carbons (Fsp3) is 0.533. The van der Waals surface area contributed by atoms with Gasteiger partial charge < -0.3 is 4.48 Å². The first-order valence-electron chi connectivity index (χ1n) is 6.04. The van der Waals surface area contributed by atoms with E-state index in [4.69, 9.17) is 0 Å². The van der Waals surface area contributed by atoms with Gasteiger partial charge in [-0.05, 0) is 0 Å². The topological polar surface area (TPSA) is 17.1 Å². The Morgan fingerprint density at radius 3 is 2.12 bits per heavy atom. The normalized spacial score (nSPS) is 12.6. The summed E-state index contributed by atoms with van der Waals surface area (Å²) in [6.45, 7) is 6.78. The van der Waals surface area contributed by atoms with Crippen molar-refractivity contribution in [1.82, 2.24) is 0 Å². The van der Waals surface area contributed by atoms with Crippen LogP contribution in [0.4, 0.5) is 0 Å². The maximum Gasteiger partial charge on any atom is 0.168 e. The van der Waals surface area contributed by atoms with Crippen LogP contribution in [0.3, 0.4) is 0 Å². The maximum atomic E-state index is 12.4. The molecule has 0 N–H and O–H groups in total. The molecule has 0 aliphatic rings. The predicted molar refractivity (Wildman–Crippen MR) is 72.0 cm³/mol. The number of carbonyl (C=O) groups is 1. The number of Topliss-reactive ketones (excluding diaryl/α,β-unsaturated/α-hetero) is 1. The molecule has 0 aromatic heterocycles. The van der Waals surface area contributed by atoms with Gasteiger partial charge in [-0.25, -0.2) is 0 Å². The summed E-state index contributed by atoms with van der Waals surface area (Å²) in [6, 6.07) is 7.95. The van der Waals surface area contributed by atoms with Crippen LogP contribution in [0.1, 0.15) is 36.7 Å². The first-order chi connectivity index (χ1) is 7.61. The van der Waals surface area contributed by atoms with E-state index in [1.165, 1.54) is 0 Å². The molecule has 1 rings (SSSR count). The van der Waals surface area contributed by atoms with Crippen molar-refractivity contribution in [3.05, 3.63) is 35.4 Å². The van der Waals surface area contributed by atoms with Crippen molar-refractivity contribution in [3.63, 3.8) is 0 Å². The minimum Gasteiger partial charge on any atom is -0.327 e. The molecule has 0 saturated carbocycles. The lowest BCUT2D eigenvalue weighted by atomic mass is 9.84. The van der Waals surface area contributed by atoms with Gasteiger partial charge in [0.05, 0.1) is 21.1 Å². The van der Waals surface area contributed by atoms with Gasteiger partial charge in [-0.3, -0.25) is 4.79 Å². The molecule has 2 nitrogen and oxygen atoms in total. The molecule has 0 aliphatic heterocycles. The number of carbonyl (C=O) groups excluding carboxylic acids is 1. The molecule has 0 aliphatic carbocycles. The van der Waals surface area contributed by atoms with Crippen molar-refractivity contribution in [3.8, 4) is 0 Å². The van der Waals surface area contributed by atoms with Crippen molar-refractivity contribution in [2.45, 2.75) is 27.3 Å². The predicted octanol–water partition coefficient (Wildman–Crippen LogP) is 3.12. The van der Waals surface area contributed by atoms with Gasteiger partial charge in [-0.15, -0.1) is 0 Å². The molecule has 0 spiro atoms. The van der Waals surface area contributed by atoms with E-state index in [-0.39, 0.29) is 11.2 Å². The number of benzene rings is 1. The van der Waals surface area contributed by atoms with Crippen LogP contribution in [0.15, 0.2) is 24.3 Å². The van der Waals surface area contributed by atoms with Gasteiger partial charge in [-0.2, -0.15) is 0 Å². The van der Waals surface area contributed by atoms with Gasteiger partial charge in [-0.1, -0.05) is 45.0 Å². The van der Waals surface area contributed by atoms with Crippen molar-refractivity contribution in [1.29, 1.82) is 0 Å². The molecule has 0 fully saturated rings. The number of hydrogen-bond acceptors (Lipinski definition) is 1. The van der Waals surface area contributed by atoms with Crippen LogP contribution in [0, 0.1) is 5.41 Å². The Hall–Kier alpha value is -1.15. The average Bonchev–Trinajstić information content (AvgIpc) is 2.13. The SMILES string of the molecule is CC(C)(C)C(=O)c1ccccc1C[N+](C)(C)C. The second-order valence-corrected chi connectivity index (χ2v) is 6.68. The monoisotopic (exact) mass is 234 g/mol. The second-order valence-electron chi connectivity index (χ2n) is 6.68. The van der Waals surface area contributed by atoms with Crippen LogP contribution in [0.2, 0.25) is 0 Å². The van der Waals surface area contributed by atoms with E-state index in [9.17, 15) is 4.79 Å². The molecule has 0 heterocycles. The van der Waals surface area contributed by atoms with Gasteiger partial charge in [0.25, 0.3) is 0 Å².